The van der Waals surface area contributed by atoms with Crippen LogP contribution in [-0.4, -0.2) is 26.4 Å². The van der Waals surface area contributed by atoms with E-state index in [0.717, 1.165) is 28.5 Å². The van der Waals surface area contributed by atoms with Crippen molar-refractivity contribution >= 4 is 44.2 Å². The molecule has 0 radical (unpaired) electrons. The lowest BCUT2D eigenvalue weighted by Gasteiger charge is -2.13. The van der Waals surface area contributed by atoms with Crippen LogP contribution in [-0.2, 0) is 9.84 Å². The Hall–Kier alpha value is -1.36. The first-order valence-electron chi connectivity index (χ1n) is 6.77. The summed E-state index contributed by atoms with van der Waals surface area (Å²) in [5.74, 6) is 0.0895. The van der Waals surface area contributed by atoms with E-state index in [1.165, 1.54) is 24.3 Å². The number of sulfone groups is 1. The Morgan fingerprint density at radius 2 is 1.26 bits per heavy atom. The van der Waals surface area contributed by atoms with E-state index in [2.05, 4.69) is 0 Å². The maximum Gasteiger partial charge on any atom is 0.175 e. The second-order valence-corrected chi connectivity index (χ2v) is 7.58. The van der Waals surface area contributed by atoms with Crippen LogP contribution in [0, 0.1) is 5.82 Å². The zero-order valence-corrected chi connectivity index (χ0v) is 14.7. The third-order valence-electron chi connectivity index (χ3n) is 3.46. The first kappa shape index (κ1) is 18.0. The Morgan fingerprint density at radius 3 is 1.61 bits per heavy atom. The van der Waals surface area contributed by atoms with Crippen molar-refractivity contribution in [3.05, 3.63) is 65.5 Å². The molecule has 0 fully saturated rings. The van der Waals surface area contributed by atoms with Crippen molar-refractivity contribution in [2.75, 3.05) is 18.0 Å². The van der Waals surface area contributed by atoms with Crippen molar-refractivity contribution in [1.29, 1.82) is 0 Å². The normalized spacial score (nSPS) is 12.9. The van der Waals surface area contributed by atoms with Gasteiger partial charge < -0.3 is 0 Å². The van der Waals surface area contributed by atoms with Crippen LogP contribution in [0.2, 0.25) is 0 Å². The molecule has 0 saturated carbocycles. The van der Waals surface area contributed by atoms with Gasteiger partial charge in [-0.1, -0.05) is 24.3 Å². The number of benzene rings is 2. The minimum atomic E-state index is -3.25. The fraction of sp³-hybridized carbons (Fsp3) is 0.176. The Morgan fingerprint density at radius 1 is 0.870 bits per heavy atom. The van der Waals surface area contributed by atoms with E-state index in [9.17, 15) is 12.8 Å². The maximum absolute atomic E-state index is 13.1. The molecule has 0 amide bonds. The van der Waals surface area contributed by atoms with E-state index in [0.29, 0.717) is 0 Å². The summed E-state index contributed by atoms with van der Waals surface area (Å²) in [5.41, 5.74) is 3.14. The molecule has 122 valence electrons. The van der Waals surface area contributed by atoms with Gasteiger partial charge in [0.1, 0.15) is 5.82 Å². The highest BCUT2D eigenvalue weighted by atomic mass is 35.5. The highest BCUT2D eigenvalue weighted by Crippen LogP contribution is 2.29. The van der Waals surface area contributed by atoms with Crippen LogP contribution in [0.1, 0.15) is 11.1 Å². The number of halogens is 3. The van der Waals surface area contributed by atoms with Gasteiger partial charge in [0.05, 0.1) is 4.90 Å². The predicted octanol–water partition coefficient (Wildman–Crippen LogP) is 4.62. The number of rotatable bonds is 5. The summed E-state index contributed by atoms with van der Waals surface area (Å²) in [7, 11) is -3.25. The maximum atomic E-state index is 13.1. The van der Waals surface area contributed by atoms with Crippen molar-refractivity contribution in [3.8, 4) is 0 Å². The molecule has 6 heteroatoms. The molecule has 0 aliphatic carbocycles. The van der Waals surface area contributed by atoms with E-state index in [1.807, 2.05) is 0 Å². The highest BCUT2D eigenvalue weighted by Gasteiger charge is 2.12. The van der Waals surface area contributed by atoms with Crippen LogP contribution in [0.3, 0.4) is 0 Å². The van der Waals surface area contributed by atoms with E-state index in [-0.39, 0.29) is 22.5 Å². The highest BCUT2D eigenvalue weighted by molar-refractivity contribution is 7.90. The zero-order chi connectivity index (χ0) is 17.0. The Balaban J connectivity index is 2.53. The molecule has 0 aliphatic rings. The van der Waals surface area contributed by atoms with Crippen LogP contribution >= 0.6 is 23.2 Å². The van der Waals surface area contributed by atoms with Crippen molar-refractivity contribution in [2.24, 2.45) is 0 Å². The topological polar surface area (TPSA) is 34.1 Å². The van der Waals surface area contributed by atoms with E-state index < -0.39 is 9.84 Å². The molecule has 0 spiro atoms. The predicted molar refractivity (Wildman–Crippen MR) is 94.2 cm³/mol. The SMILES string of the molecule is CS(=O)(=O)c1ccc(/C(CCl)=C(/CCl)c2ccc(F)cc2)cc1. The summed E-state index contributed by atoms with van der Waals surface area (Å²) in [6, 6.07) is 12.5. The summed E-state index contributed by atoms with van der Waals surface area (Å²) < 4.78 is 36.1. The third-order valence-corrected chi connectivity index (χ3v) is 5.12. The van der Waals surface area contributed by atoms with Gasteiger partial charge in [-0.3, -0.25) is 0 Å². The summed E-state index contributed by atoms with van der Waals surface area (Å²) in [5, 5.41) is 0. The van der Waals surface area contributed by atoms with Gasteiger partial charge in [0, 0.05) is 18.0 Å². The molecule has 23 heavy (non-hydrogen) atoms. The molecule has 0 N–H and O–H groups in total. The average molecular weight is 373 g/mol. The molecule has 2 aromatic rings. The molecule has 0 aliphatic heterocycles. The lowest BCUT2D eigenvalue weighted by molar-refractivity contribution is 0.602. The van der Waals surface area contributed by atoms with Gasteiger partial charge in [-0.25, -0.2) is 12.8 Å². The van der Waals surface area contributed by atoms with Crippen molar-refractivity contribution < 1.29 is 12.8 Å². The van der Waals surface area contributed by atoms with Gasteiger partial charge in [0.15, 0.2) is 9.84 Å². The summed E-state index contributed by atoms with van der Waals surface area (Å²) >= 11 is 12.1. The molecule has 0 heterocycles. The summed E-state index contributed by atoms with van der Waals surface area (Å²) in [6.45, 7) is 0. The third kappa shape index (κ3) is 4.34. The van der Waals surface area contributed by atoms with Gasteiger partial charge in [-0.2, -0.15) is 0 Å². The fourth-order valence-corrected chi connectivity index (χ4v) is 3.48. The Kier molecular flexibility index (Phi) is 5.84. The first-order chi connectivity index (χ1) is 10.9. The number of hydrogen-bond donors (Lipinski definition) is 0. The molecule has 0 atom stereocenters. The van der Waals surface area contributed by atoms with Crippen LogP contribution < -0.4 is 0 Å². The summed E-state index contributed by atoms with van der Waals surface area (Å²) in [4.78, 5) is 0.240. The molecule has 2 rings (SSSR count). The Labute approximate surface area is 145 Å². The minimum Gasteiger partial charge on any atom is -0.224 e. The van der Waals surface area contributed by atoms with Gasteiger partial charge in [0.25, 0.3) is 0 Å². The molecule has 0 bridgehead atoms. The lowest BCUT2D eigenvalue weighted by atomic mass is 9.97. The molecule has 0 saturated heterocycles. The lowest BCUT2D eigenvalue weighted by Crippen LogP contribution is -1.99. The zero-order valence-electron chi connectivity index (χ0n) is 12.4. The minimum absolute atomic E-state index is 0.206. The Bertz CT molecular complexity index is 811. The van der Waals surface area contributed by atoms with E-state index in [1.54, 1.807) is 24.3 Å². The second-order valence-electron chi connectivity index (χ2n) is 5.03. The van der Waals surface area contributed by atoms with Crippen LogP contribution in [0.15, 0.2) is 53.4 Å². The molecular formula is C17H15Cl2FO2S. The van der Waals surface area contributed by atoms with Crippen LogP contribution in [0.5, 0.6) is 0 Å². The van der Waals surface area contributed by atoms with Crippen molar-refractivity contribution in [3.63, 3.8) is 0 Å². The standard InChI is InChI=1S/C17H15Cl2FO2S/c1-23(21,22)15-8-4-13(5-9-15)17(11-19)16(10-18)12-2-6-14(20)7-3-12/h2-9H,10-11H2,1H3/b17-16-. The second kappa shape index (κ2) is 7.47. The first-order valence-corrected chi connectivity index (χ1v) is 9.73. The monoisotopic (exact) mass is 372 g/mol. The van der Waals surface area contributed by atoms with Crippen LogP contribution in [0.4, 0.5) is 4.39 Å². The van der Waals surface area contributed by atoms with Gasteiger partial charge in [-0.15, -0.1) is 23.2 Å². The molecule has 0 aromatic heterocycles. The average Bonchev–Trinajstić information content (AvgIpc) is 2.53. The molecule has 2 aromatic carbocycles. The van der Waals surface area contributed by atoms with E-state index >= 15 is 0 Å². The molecule has 2 nitrogen and oxygen atoms in total. The largest absolute Gasteiger partial charge is 0.224 e. The summed E-state index contributed by atoms with van der Waals surface area (Å²) in [6.07, 6.45) is 1.16. The van der Waals surface area contributed by atoms with E-state index in [4.69, 9.17) is 23.2 Å². The number of hydrogen-bond acceptors (Lipinski definition) is 2. The van der Waals surface area contributed by atoms with Crippen LogP contribution in [0.25, 0.3) is 11.1 Å². The number of alkyl halides is 2. The van der Waals surface area contributed by atoms with Crippen molar-refractivity contribution in [1.82, 2.24) is 0 Å². The quantitative estimate of drug-likeness (QED) is 0.566. The van der Waals surface area contributed by atoms with Crippen molar-refractivity contribution in [2.45, 2.75) is 4.90 Å². The van der Waals surface area contributed by atoms with Gasteiger partial charge >= 0.3 is 0 Å². The number of allylic oxidation sites excluding steroid dienone is 2. The fourth-order valence-electron chi connectivity index (χ4n) is 2.22. The van der Waals surface area contributed by atoms with Gasteiger partial charge in [0.2, 0.25) is 0 Å². The molecular weight excluding hydrogens is 358 g/mol. The van der Waals surface area contributed by atoms with Gasteiger partial charge in [-0.05, 0) is 46.5 Å². The molecule has 0 unspecified atom stereocenters. The smallest absolute Gasteiger partial charge is 0.175 e.